The number of benzene rings is 1. The average Bonchev–Trinajstić information content (AvgIpc) is 2.43. The van der Waals surface area contributed by atoms with E-state index in [4.69, 9.17) is 16.3 Å². The molecule has 0 fully saturated rings. The van der Waals surface area contributed by atoms with Gasteiger partial charge in [-0.3, -0.25) is 0 Å². The summed E-state index contributed by atoms with van der Waals surface area (Å²) in [6.45, 7) is 2.72. The summed E-state index contributed by atoms with van der Waals surface area (Å²) in [5.41, 5.74) is 0.848. The molecule has 0 spiro atoms. The topological polar surface area (TPSA) is 59.1 Å². The third-order valence-electron chi connectivity index (χ3n) is 2.49. The van der Waals surface area contributed by atoms with Crippen LogP contribution in [0.2, 0.25) is 5.02 Å². The molecule has 0 saturated heterocycles. The number of halogens is 2. The summed E-state index contributed by atoms with van der Waals surface area (Å²) in [4.78, 5) is 8.41. The standard InChI is InChI=1S/C13H14BrClN4O/c1-3-16-13-17-7-10(15)12(19-13)18-8-4-5-11(20-2)9(14)6-8/h4-7H,3H2,1-2H3,(H2,16,17,18,19). The van der Waals surface area contributed by atoms with Crippen molar-refractivity contribution in [3.8, 4) is 5.75 Å². The number of aromatic nitrogens is 2. The molecule has 0 aliphatic rings. The molecule has 20 heavy (non-hydrogen) atoms. The second-order valence-corrected chi connectivity index (χ2v) is 5.16. The van der Waals surface area contributed by atoms with Gasteiger partial charge in [0.25, 0.3) is 0 Å². The quantitative estimate of drug-likeness (QED) is 0.844. The van der Waals surface area contributed by atoms with E-state index in [0.29, 0.717) is 16.8 Å². The number of rotatable bonds is 5. The number of hydrogen-bond acceptors (Lipinski definition) is 5. The van der Waals surface area contributed by atoms with Crippen LogP contribution >= 0.6 is 27.5 Å². The highest BCUT2D eigenvalue weighted by Gasteiger charge is 2.07. The summed E-state index contributed by atoms with van der Waals surface area (Å²) < 4.78 is 6.04. The Bertz CT molecular complexity index is 609. The number of ether oxygens (including phenoxy) is 1. The summed E-state index contributed by atoms with van der Waals surface area (Å²) in [5.74, 6) is 1.85. The molecule has 1 aromatic carbocycles. The molecule has 0 saturated carbocycles. The lowest BCUT2D eigenvalue weighted by Gasteiger charge is -2.11. The zero-order valence-corrected chi connectivity index (χ0v) is 13.4. The number of nitrogens with zero attached hydrogens (tertiary/aromatic N) is 2. The maximum atomic E-state index is 6.09. The van der Waals surface area contributed by atoms with Crippen LogP contribution in [0.1, 0.15) is 6.92 Å². The van der Waals surface area contributed by atoms with Gasteiger partial charge in [-0.1, -0.05) is 11.6 Å². The lowest BCUT2D eigenvalue weighted by Crippen LogP contribution is -2.04. The van der Waals surface area contributed by atoms with Gasteiger partial charge in [0.15, 0.2) is 5.82 Å². The van der Waals surface area contributed by atoms with E-state index in [-0.39, 0.29) is 0 Å². The number of anilines is 3. The van der Waals surface area contributed by atoms with Crippen molar-refractivity contribution < 1.29 is 4.74 Å². The molecule has 2 rings (SSSR count). The van der Waals surface area contributed by atoms with Crippen molar-refractivity contribution in [3.63, 3.8) is 0 Å². The van der Waals surface area contributed by atoms with Crippen LogP contribution in [-0.2, 0) is 0 Å². The van der Waals surface area contributed by atoms with Gasteiger partial charge in [-0.2, -0.15) is 4.98 Å². The van der Waals surface area contributed by atoms with Crippen LogP contribution in [0.3, 0.4) is 0 Å². The molecular formula is C13H14BrClN4O. The Labute approximate surface area is 130 Å². The van der Waals surface area contributed by atoms with Gasteiger partial charge in [0.1, 0.15) is 10.8 Å². The summed E-state index contributed by atoms with van der Waals surface area (Å²) in [7, 11) is 1.62. The number of methoxy groups -OCH3 is 1. The molecule has 0 unspecified atom stereocenters. The van der Waals surface area contributed by atoms with Crippen LogP contribution < -0.4 is 15.4 Å². The highest BCUT2D eigenvalue weighted by molar-refractivity contribution is 9.10. The van der Waals surface area contributed by atoms with Crippen LogP contribution in [0.4, 0.5) is 17.5 Å². The Morgan fingerprint density at radius 1 is 1.40 bits per heavy atom. The third kappa shape index (κ3) is 3.52. The summed E-state index contributed by atoms with van der Waals surface area (Å²) in [5, 5.41) is 6.65. The second kappa shape index (κ2) is 6.76. The predicted molar refractivity (Wildman–Crippen MR) is 85.2 cm³/mol. The Morgan fingerprint density at radius 2 is 2.20 bits per heavy atom. The fraction of sp³-hybridized carbons (Fsp3) is 0.231. The first-order valence-electron chi connectivity index (χ1n) is 6.01. The molecule has 1 aromatic heterocycles. The van der Waals surface area contributed by atoms with Crippen LogP contribution in [0, 0.1) is 0 Å². The van der Waals surface area contributed by atoms with Crippen molar-refractivity contribution in [1.29, 1.82) is 0 Å². The maximum absolute atomic E-state index is 6.09. The van der Waals surface area contributed by atoms with Gasteiger partial charge in [-0.15, -0.1) is 0 Å². The van der Waals surface area contributed by atoms with Gasteiger partial charge >= 0.3 is 0 Å². The molecule has 0 atom stereocenters. The molecule has 0 amide bonds. The lowest BCUT2D eigenvalue weighted by atomic mass is 10.3. The zero-order valence-electron chi connectivity index (χ0n) is 11.1. The monoisotopic (exact) mass is 356 g/mol. The van der Waals surface area contributed by atoms with Gasteiger partial charge in [-0.05, 0) is 41.1 Å². The van der Waals surface area contributed by atoms with E-state index in [1.165, 1.54) is 0 Å². The van der Waals surface area contributed by atoms with E-state index in [9.17, 15) is 0 Å². The average molecular weight is 358 g/mol. The molecule has 0 radical (unpaired) electrons. The Balaban J connectivity index is 2.24. The van der Waals surface area contributed by atoms with Gasteiger partial charge in [-0.25, -0.2) is 4.98 Å². The minimum Gasteiger partial charge on any atom is -0.496 e. The SMILES string of the molecule is CCNc1ncc(Cl)c(Nc2ccc(OC)c(Br)c2)n1. The third-order valence-corrected chi connectivity index (χ3v) is 3.39. The molecule has 5 nitrogen and oxygen atoms in total. The van der Waals surface area contributed by atoms with Crippen molar-refractivity contribution in [2.45, 2.75) is 6.92 Å². The minimum atomic E-state index is 0.457. The van der Waals surface area contributed by atoms with Crippen LogP contribution in [-0.4, -0.2) is 23.6 Å². The van der Waals surface area contributed by atoms with Crippen molar-refractivity contribution in [2.24, 2.45) is 0 Å². The molecule has 2 aromatic rings. The Morgan fingerprint density at radius 3 is 2.85 bits per heavy atom. The molecular weight excluding hydrogens is 344 g/mol. The van der Waals surface area contributed by atoms with Gasteiger partial charge in [0.2, 0.25) is 5.95 Å². The van der Waals surface area contributed by atoms with Gasteiger partial charge < -0.3 is 15.4 Å². The summed E-state index contributed by atoms with van der Waals surface area (Å²) in [6, 6.07) is 5.63. The Kier molecular flexibility index (Phi) is 5.03. The molecule has 0 bridgehead atoms. The molecule has 106 valence electrons. The first-order valence-corrected chi connectivity index (χ1v) is 7.18. The van der Waals surface area contributed by atoms with Gasteiger partial charge in [0, 0.05) is 12.2 Å². The Hall–Kier alpha value is -1.53. The highest BCUT2D eigenvalue weighted by atomic mass is 79.9. The van der Waals surface area contributed by atoms with E-state index in [0.717, 1.165) is 22.5 Å². The smallest absolute Gasteiger partial charge is 0.224 e. The van der Waals surface area contributed by atoms with Crippen molar-refractivity contribution in [1.82, 2.24) is 9.97 Å². The van der Waals surface area contributed by atoms with Crippen molar-refractivity contribution >= 4 is 45.0 Å². The van der Waals surface area contributed by atoms with E-state index in [1.54, 1.807) is 13.3 Å². The van der Waals surface area contributed by atoms with Crippen molar-refractivity contribution in [3.05, 3.63) is 33.9 Å². The normalized spacial score (nSPS) is 10.2. The predicted octanol–water partition coefficient (Wildman–Crippen LogP) is 4.08. The fourth-order valence-electron chi connectivity index (χ4n) is 1.58. The zero-order chi connectivity index (χ0) is 14.5. The molecule has 1 heterocycles. The minimum absolute atomic E-state index is 0.457. The number of hydrogen-bond donors (Lipinski definition) is 2. The van der Waals surface area contributed by atoms with E-state index in [1.807, 2.05) is 25.1 Å². The summed E-state index contributed by atoms with van der Waals surface area (Å²) in [6.07, 6.45) is 1.56. The molecule has 0 aliphatic carbocycles. The van der Waals surface area contributed by atoms with Crippen molar-refractivity contribution in [2.75, 3.05) is 24.3 Å². The summed E-state index contributed by atoms with van der Waals surface area (Å²) >= 11 is 9.53. The first kappa shape index (κ1) is 14.9. The fourth-order valence-corrected chi connectivity index (χ4v) is 2.26. The number of nitrogens with one attached hydrogen (secondary N) is 2. The maximum Gasteiger partial charge on any atom is 0.224 e. The van der Waals surface area contributed by atoms with E-state index >= 15 is 0 Å². The van der Waals surface area contributed by atoms with E-state index in [2.05, 4.69) is 36.5 Å². The second-order valence-electron chi connectivity index (χ2n) is 3.89. The van der Waals surface area contributed by atoms with Gasteiger partial charge in [0.05, 0.1) is 17.8 Å². The first-order chi connectivity index (χ1) is 9.63. The molecule has 2 N–H and O–H groups in total. The highest BCUT2D eigenvalue weighted by Crippen LogP contribution is 2.30. The van der Waals surface area contributed by atoms with Crippen LogP contribution in [0.15, 0.2) is 28.9 Å². The van der Waals surface area contributed by atoms with E-state index < -0.39 is 0 Å². The van der Waals surface area contributed by atoms with Crippen LogP contribution in [0.5, 0.6) is 5.75 Å². The molecule has 0 aliphatic heterocycles. The lowest BCUT2D eigenvalue weighted by molar-refractivity contribution is 0.412. The largest absolute Gasteiger partial charge is 0.496 e. The molecule has 7 heteroatoms. The van der Waals surface area contributed by atoms with Crippen LogP contribution in [0.25, 0.3) is 0 Å².